The van der Waals surface area contributed by atoms with Gasteiger partial charge in [0.1, 0.15) is 43.2 Å². The van der Waals surface area contributed by atoms with Gasteiger partial charge in [-0.3, -0.25) is 4.68 Å². The molecule has 26 heavy (non-hydrogen) atoms. The Morgan fingerprint density at radius 2 is 1.88 bits per heavy atom. The van der Waals surface area contributed by atoms with E-state index in [2.05, 4.69) is 10.3 Å². The molecule has 0 spiro atoms. The summed E-state index contributed by atoms with van der Waals surface area (Å²) in [5, 5.41) is 8.36. The van der Waals surface area contributed by atoms with Crippen LogP contribution in [-0.2, 0) is 18.5 Å². The first-order valence-corrected chi connectivity index (χ1v) is 8.55. The van der Waals surface area contributed by atoms with Gasteiger partial charge in [-0.1, -0.05) is 17.3 Å². The molecule has 0 aliphatic carbocycles. The minimum Gasteiger partial charge on any atom is -0.490 e. The Morgan fingerprint density at radius 3 is 2.50 bits per heavy atom. The summed E-state index contributed by atoms with van der Waals surface area (Å²) in [5.41, 5.74) is 4.54. The zero-order valence-corrected chi connectivity index (χ0v) is 16.4. The van der Waals surface area contributed by atoms with E-state index in [1.54, 1.807) is 4.68 Å². The SMILES string of the molecule is C/C=C/COc1cc(C)c(OCc2cc(C(C)=NOC)nn2C)c(C)c1. The second-order valence-electron chi connectivity index (χ2n) is 6.06. The zero-order valence-electron chi connectivity index (χ0n) is 16.4. The Labute approximate surface area is 155 Å². The van der Waals surface area contributed by atoms with Gasteiger partial charge in [0.2, 0.25) is 0 Å². The van der Waals surface area contributed by atoms with Gasteiger partial charge < -0.3 is 14.3 Å². The first-order chi connectivity index (χ1) is 12.5. The van der Waals surface area contributed by atoms with Crippen molar-refractivity contribution in [3.63, 3.8) is 0 Å². The smallest absolute Gasteiger partial charge is 0.130 e. The molecular formula is C20H27N3O3. The molecule has 1 aromatic carbocycles. The minimum absolute atomic E-state index is 0.421. The van der Waals surface area contributed by atoms with Crippen LogP contribution in [0.2, 0.25) is 0 Å². The lowest BCUT2D eigenvalue weighted by atomic mass is 10.1. The first-order valence-electron chi connectivity index (χ1n) is 8.55. The highest BCUT2D eigenvalue weighted by Gasteiger charge is 2.12. The lowest BCUT2D eigenvalue weighted by molar-refractivity contribution is 0.213. The Kier molecular flexibility index (Phi) is 6.83. The first kappa shape index (κ1) is 19.6. The topological polar surface area (TPSA) is 57.9 Å². The third-order valence-corrected chi connectivity index (χ3v) is 3.96. The number of hydrogen-bond donors (Lipinski definition) is 0. The summed E-state index contributed by atoms with van der Waals surface area (Å²) in [7, 11) is 3.41. The predicted octanol–water partition coefficient (Wildman–Crippen LogP) is 3.94. The van der Waals surface area contributed by atoms with Gasteiger partial charge in [-0.15, -0.1) is 0 Å². The molecule has 1 aromatic heterocycles. The maximum absolute atomic E-state index is 6.07. The average molecular weight is 357 g/mol. The van der Waals surface area contributed by atoms with Crippen LogP contribution < -0.4 is 9.47 Å². The van der Waals surface area contributed by atoms with Gasteiger partial charge in [0.05, 0.1) is 5.69 Å². The Hall–Kier alpha value is -2.76. The van der Waals surface area contributed by atoms with E-state index >= 15 is 0 Å². The normalized spacial score (nSPS) is 11.8. The van der Waals surface area contributed by atoms with Crippen LogP contribution in [0.4, 0.5) is 0 Å². The van der Waals surface area contributed by atoms with Crippen molar-refractivity contribution in [2.75, 3.05) is 13.7 Å². The zero-order chi connectivity index (χ0) is 19.1. The number of oxime groups is 1. The molecule has 0 saturated carbocycles. The molecule has 0 N–H and O–H groups in total. The van der Waals surface area contributed by atoms with Crippen LogP contribution in [0, 0.1) is 13.8 Å². The van der Waals surface area contributed by atoms with E-state index in [0.717, 1.165) is 39.7 Å². The second-order valence-corrected chi connectivity index (χ2v) is 6.06. The van der Waals surface area contributed by atoms with Gasteiger partial charge in [0.25, 0.3) is 0 Å². The van der Waals surface area contributed by atoms with Gasteiger partial charge >= 0.3 is 0 Å². The lowest BCUT2D eigenvalue weighted by Crippen LogP contribution is -2.05. The van der Waals surface area contributed by atoms with Crippen LogP contribution in [0.15, 0.2) is 35.5 Å². The van der Waals surface area contributed by atoms with Gasteiger partial charge in [-0.25, -0.2) is 0 Å². The molecule has 6 heteroatoms. The number of benzene rings is 1. The molecular weight excluding hydrogens is 330 g/mol. The van der Waals surface area contributed by atoms with Crippen molar-refractivity contribution in [1.82, 2.24) is 9.78 Å². The average Bonchev–Trinajstić information content (AvgIpc) is 2.96. The maximum atomic E-state index is 6.07. The molecule has 2 aromatic rings. The molecule has 0 atom stereocenters. The number of hydrogen-bond acceptors (Lipinski definition) is 5. The molecule has 1 heterocycles. The molecule has 6 nitrogen and oxygen atoms in total. The van der Waals surface area contributed by atoms with E-state index in [1.807, 2.05) is 65.1 Å². The number of ether oxygens (including phenoxy) is 2. The monoisotopic (exact) mass is 357 g/mol. The van der Waals surface area contributed by atoms with Crippen LogP contribution in [0.5, 0.6) is 11.5 Å². The summed E-state index contributed by atoms with van der Waals surface area (Å²) in [5.74, 6) is 1.72. The van der Waals surface area contributed by atoms with Gasteiger partial charge in [-0.05, 0) is 57.0 Å². The van der Waals surface area contributed by atoms with Crippen molar-refractivity contribution in [3.8, 4) is 11.5 Å². The Balaban J connectivity index is 2.11. The van der Waals surface area contributed by atoms with Crippen molar-refractivity contribution in [2.24, 2.45) is 12.2 Å². The quantitative estimate of drug-likeness (QED) is 0.408. The molecule has 0 fully saturated rings. The number of aryl methyl sites for hydroxylation is 3. The van der Waals surface area contributed by atoms with E-state index in [9.17, 15) is 0 Å². The largest absolute Gasteiger partial charge is 0.490 e. The molecule has 0 radical (unpaired) electrons. The molecule has 0 aliphatic heterocycles. The van der Waals surface area contributed by atoms with Crippen LogP contribution >= 0.6 is 0 Å². The van der Waals surface area contributed by atoms with E-state index < -0.39 is 0 Å². The number of allylic oxidation sites excluding steroid dienone is 1. The Morgan fingerprint density at radius 1 is 1.19 bits per heavy atom. The molecule has 0 aliphatic rings. The maximum Gasteiger partial charge on any atom is 0.130 e. The van der Waals surface area contributed by atoms with Crippen molar-refractivity contribution >= 4 is 5.71 Å². The van der Waals surface area contributed by atoms with E-state index in [0.29, 0.717) is 13.2 Å². The highest BCUT2D eigenvalue weighted by Crippen LogP contribution is 2.29. The summed E-state index contributed by atoms with van der Waals surface area (Å²) < 4.78 is 13.6. The third kappa shape index (κ3) is 4.88. The fourth-order valence-electron chi connectivity index (χ4n) is 2.61. The number of aromatic nitrogens is 2. The predicted molar refractivity (Wildman–Crippen MR) is 103 cm³/mol. The molecule has 0 saturated heterocycles. The van der Waals surface area contributed by atoms with Gasteiger partial charge in [0.15, 0.2) is 0 Å². The second kappa shape index (κ2) is 9.08. The third-order valence-electron chi connectivity index (χ3n) is 3.96. The summed E-state index contributed by atoms with van der Waals surface area (Å²) in [6.45, 7) is 8.87. The summed E-state index contributed by atoms with van der Waals surface area (Å²) >= 11 is 0. The van der Waals surface area contributed by atoms with Crippen molar-refractivity contribution in [3.05, 3.63) is 52.9 Å². The van der Waals surface area contributed by atoms with Gasteiger partial charge in [-0.2, -0.15) is 5.10 Å². The lowest BCUT2D eigenvalue weighted by Gasteiger charge is -2.14. The van der Waals surface area contributed by atoms with Crippen molar-refractivity contribution in [1.29, 1.82) is 0 Å². The highest BCUT2D eigenvalue weighted by atomic mass is 16.6. The fourth-order valence-corrected chi connectivity index (χ4v) is 2.61. The fraction of sp³-hybridized carbons (Fsp3) is 0.400. The minimum atomic E-state index is 0.421. The van der Waals surface area contributed by atoms with E-state index in [4.69, 9.17) is 14.3 Å². The summed E-state index contributed by atoms with van der Waals surface area (Å²) in [6.07, 6.45) is 3.95. The highest BCUT2D eigenvalue weighted by molar-refractivity contribution is 5.96. The molecule has 0 unspecified atom stereocenters. The van der Waals surface area contributed by atoms with Crippen molar-refractivity contribution in [2.45, 2.75) is 34.3 Å². The van der Waals surface area contributed by atoms with Crippen LogP contribution in [0.1, 0.15) is 36.4 Å². The molecule has 140 valence electrons. The van der Waals surface area contributed by atoms with Crippen molar-refractivity contribution < 1.29 is 14.3 Å². The van der Waals surface area contributed by atoms with E-state index in [-0.39, 0.29) is 0 Å². The summed E-state index contributed by atoms with van der Waals surface area (Å²) in [6, 6.07) is 5.95. The van der Waals surface area contributed by atoms with Gasteiger partial charge in [0, 0.05) is 7.05 Å². The number of rotatable bonds is 8. The van der Waals surface area contributed by atoms with Crippen LogP contribution in [0.3, 0.4) is 0 Å². The summed E-state index contributed by atoms with van der Waals surface area (Å²) in [4.78, 5) is 4.81. The molecule has 2 rings (SSSR count). The van der Waals surface area contributed by atoms with Crippen LogP contribution in [0.25, 0.3) is 0 Å². The van der Waals surface area contributed by atoms with E-state index in [1.165, 1.54) is 7.11 Å². The van der Waals surface area contributed by atoms with Crippen LogP contribution in [-0.4, -0.2) is 29.2 Å². The standard InChI is InChI=1S/C20H27N3O3/c1-7-8-9-25-18-10-14(2)20(15(3)11-18)26-13-17-12-19(21-23(17)5)16(4)22-24-6/h7-8,10-12H,9,13H2,1-6H3/b8-7+,22-16?. The molecule has 0 amide bonds. The number of nitrogens with zero attached hydrogens (tertiary/aromatic N) is 3. The molecule has 0 bridgehead atoms. The Bertz CT molecular complexity index is 784.